The highest BCUT2D eigenvalue weighted by Gasteiger charge is 2.41. The van der Waals surface area contributed by atoms with E-state index in [1.165, 1.54) is 24.2 Å². The molecule has 1 aliphatic rings. The van der Waals surface area contributed by atoms with Crippen molar-refractivity contribution in [2.75, 3.05) is 6.54 Å². The van der Waals surface area contributed by atoms with Crippen molar-refractivity contribution in [3.8, 4) is 0 Å². The Balaban J connectivity index is 2.03. The van der Waals surface area contributed by atoms with Gasteiger partial charge in [0, 0.05) is 16.2 Å². The van der Waals surface area contributed by atoms with Crippen LogP contribution in [0, 0.1) is 11.2 Å². The summed E-state index contributed by atoms with van der Waals surface area (Å²) in [5.41, 5.74) is 0.354. The van der Waals surface area contributed by atoms with E-state index in [0.29, 0.717) is 16.7 Å². The lowest BCUT2D eigenvalue weighted by Gasteiger charge is -2.31. The first-order valence-electron chi connectivity index (χ1n) is 7.18. The van der Waals surface area contributed by atoms with E-state index >= 15 is 0 Å². The van der Waals surface area contributed by atoms with E-state index in [0.717, 1.165) is 6.54 Å². The zero-order chi connectivity index (χ0) is 13.9. The molecule has 1 aromatic rings. The molecular weight excluding hydrogens is 257 g/mol. The molecule has 0 bridgehead atoms. The van der Waals surface area contributed by atoms with Gasteiger partial charge in [0.15, 0.2) is 0 Å². The number of hydrogen-bond acceptors (Lipinski definition) is 2. The summed E-state index contributed by atoms with van der Waals surface area (Å²) in [6.07, 6.45) is 3.66. The predicted octanol–water partition coefficient (Wildman–Crippen LogP) is 4.47. The third-order valence-corrected chi connectivity index (χ3v) is 5.36. The Kier molecular flexibility index (Phi) is 4.91. The van der Waals surface area contributed by atoms with Gasteiger partial charge in [-0.15, -0.1) is 11.8 Å². The van der Waals surface area contributed by atoms with E-state index in [-0.39, 0.29) is 5.82 Å². The maximum absolute atomic E-state index is 12.9. The lowest BCUT2D eigenvalue weighted by atomic mass is 9.87. The first-order chi connectivity index (χ1) is 9.03. The smallest absolute Gasteiger partial charge is 0.123 e. The molecule has 1 saturated carbocycles. The molecule has 1 aromatic carbocycles. The van der Waals surface area contributed by atoms with Crippen molar-refractivity contribution in [3.05, 3.63) is 30.1 Å². The largest absolute Gasteiger partial charge is 0.312 e. The van der Waals surface area contributed by atoms with Crippen LogP contribution in [0.4, 0.5) is 4.39 Å². The summed E-state index contributed by atoms with van der Waals surface area (Å²) in [4.78, 5) is 1.17. The molecular formula is C16H24FNS. The highest BCUT2D eigenvalue weighted by molar-refractivity contribution is 8.00. The summed E-state index contributed by atoms with van der Waals surface area (Å²) in [5, 5.41) is 4.30. The average Bonchev–Trinajstić information content (AvgIpc) is 2.65. The van der Waals surface area contributed by atoms with Gasteiger partial charge in [-0.2, -0.15) is 0 Å². The minimum Gasteiger partial charge on any atom is -0.312 e. The average molecular weight is 281 g/mol. The van der Waals surface area contributed by atoms with Crippen molar-refractivity contribution in [3.63, 3.8) is 0 Å². The Bertz CT molecular complexity index is 402. The fraction of sp³-hybridized carbons (Fsp3) is 0.625. The maximum atomic E-state index is 12.9. The molecule has 0 aromatic heterocycles. The van der Waals surface area contributed by atoms with Crippen molar-refractivity contribution in [2.24, 2.45) is 5.41 Å². The summed E-state index contributed by atoms with van der Waals surface area (Å²) >= 11 is 1.89. The topological polar surface area (TPSA) is 12.0 Å². The fourth-order valence-electron chi connectivity index (χ4n) is 2.86. The van der Waals surface area contributed by atoms with Gasteiger partial charge < -0.3 is 5.32 Å². The van der Waals surface area contributed by atoms with Crippen molar-refractivity contribution >= 4 is 11.8 Å². The molecule has 2 rings (SSSR count). The van der Waals surface area contributed by atoms with Crippen LogP contribution in [0.2, 0.25) is 0 Å². The summed E-state index contributed by atoms with van der Waals surface area (Å²) < 4.78 is 12.9. The van der Waals surface area contributed by atoms with Crippen LogP contribution < -0.4 is 5.32 Å². The molecule has 1 fully saturated rings. The first-order valence-corrected chi connectivity index (χ1v) is 8.06. The summed E-state index contributed by atoms with van der Waals surface area (Å²) in [6.45, 7) is 7.99. The Morgan fingerprint density at radius 3 is 2.63 bits per heavy atom. The van der Waals surface area contributed by atoms with Gasteiger partial charge in [-0.25, -0.2) is 4.39 Å². The molecule has 2 atom stereocenters. The van der Waals surface area contributed by atoms with E-state index in [2.05, 4.69) is 26.1 Å². The molecule has 0 heterocycles. The number of rotatable bonds is 5. The number of thioether (sulfide) groups is 1. The van der Waals surface area contributed by atoms with Crippen LogP contribution in [0.3, 0.4) is 0 Å². The minimum absolute atomic E-state index is 0.156. The standard InChI is InChI=1S/C16H24FNS/c1-4-11-18-15-14(9-10-16(15,2)3)19-13-7-5-12(17)6-8-13/h5-8,14-15,18H,4,9-11H2,1-3H3. The molecule has 3 heteroatoms. The van der Waals surface area contributed by atoms with E-state index in [4.69, 9.17) is 0 Å². The van der Waals surface area contributed by atoms with Gasteiger partial charge in [0.1, 0.15) is 5.82 Å². The van der Waals surface area contributed by atoms with E-state index in [9.17, 15) is 4.39 Å². The second-order valence-corrected chi connectivity index (χ2v) is 7.38. The third-order valence-electron chi connectivity index (χ3n) is 4.00. The number of benzene rings is 1. The quantitative estimate of drug-likeness (QED) is 0.854. The van der Waals surface area contributed by atoms with Crippen molar-refractivity contribution in [1.29, 1.82) is 0 Å². The lowest BCUT2D eigenvalue weighted by molar-refractivity contribution is 0.287. The van der Waals surface area contributed by atoms with E-state index < -0.39 is 0 Å². The molecule has 0 amide bonds. The van der Waals surface area contributed by atoms with E-state index in [1.807, 2.05) is 23.9 Å². The maximum Gasteiger partial charge on any atom is 0.123 e. The number of nitrogens with one attached hydrogen (secondary N) is 1. The molecule has 2 unspecified atom stereocenters. The minimum atomic E-state index is -0.156. The fourth-order valence-corrected chi connectivity index (χ4v) is 4.34. The predicted molar refractivity (Wildman–Crippen MR) is 81.1 cm³/mol. The van der Waals surface area contributed by atoms with Gasteiger partial charge in [-0.3, -0.25) is 0 Å². The molecule has 106 valence electrons. The van der Waals surface area contributed by atoms with Crippen molar-refractivity contribution < 1.29 is 4.39 Å². The molecule has 0 saturated heterocycles. The Morgan fingerprint density at radius 1 is 1.32 bits per heavy atom. The van der Waals surface area contributed by atoms with Crippen LogP contribution in [0.5, 0.6) is 0 Å². The first kappa shape index (κ1) is 14.9. The number of hydrogen-bond donors (Lipinski definition) is 1. The molecule has 0 aliphatic heterocycles. The molecule has 1 nitrogen and oxygen atoms in total. The Labute approximate surface area is 120 Å². The van der Waals surface area contributed by atoms with Crippen LogP contribution in [0.1, 0.15) is 40.0 Å². The van der Waals surface area contributed by atoms with E-state index in [1.54, 1.807) is 12.1 Å². The molecule has 1 aliphatic carbocycles. The van der Waals surface area contributed by atoms with Crippen molar-refractivity contribution in [1.82, 2.24) is 5.32 Å². The zero-order valence-electron chi connectivity index (χ0n) is 12.1. The number of halogens is 1. The van der Waals surface area contributed by atoms with Gasteiger partial charge in [0.25, 0.3) is 0 Å². The Hall–Kier alpha value is -0.540. The Morgan fingerprint density at radius 2 is 2.00 bits per heavy atom. The second kappa shape index (κ2) is 6.27. The third kappa shape index (κ3) is 3.73. The van der Waals surface area contributed by atoms with Crippen LogP contribution in [0.25, 0.3) is 0 Å². The van der Waals surface area contributed by atoms with Crippen LogP contribution in [-0.2, 0) is 0 Å². The highest BCUT2D eigenvalue weighted by atomic mass is 32.2. The monoisotopic (exact) mass is 281 g/mol. The lowest BCUT2D eigenvalue weighted by Crippen LogP contribution is -2.43. The normalized spacial score (nSPS) is 25.7. The van der Waals surface area contributed by atoms with Gasteiger partial charge in [-0.1, -0.05) is 20.8 Å². The molecule has 1 N–H and O–H groups in total. The second-order valence-electron chi connectivity index (χ2n) is 6.07. The van der Waals surface area contributed by atoms with Gasteiger partial charge in [0.05, 0.1) is 0 Å². The van der Waals surface area contributed by atoms with Crippen molar-refractivity contribution in [2.45, 2.75) is 56.2 Å². The SMILES string of the molecule is CCCNC1C(Sc2ccc(F)cc2)CCC1(C)C. The summed E-state index contributed by atoms with van der Waals surface area (Å²) in [5.74, 6) is -0.156. The van der Waals surface area contributed by atoms with Gasteiger partial charge in [0.2, 0.25) is 0 Å². The van der Waals surface area contributed by atoms with Gasteiger partial charge in [-0.05, 0) is 55.5 Å². The van der Waals surface area contributed by atoms with Crippen LogP contribution >= 0.6 is 11.8 Å². The summed E-state index contributed by atoms with van der Waals surface area (Å²) in [6, 6.07) is 7.43. The highest BCUT2D eigenvalue weighted by Crippen LogP contribution is 2.45. The van der Waals surface area contributed by atoms with Crippen LogP contribution in [-0.4, -0.2) is 17.8 Å². The van der Waals surface area contributed by atoms with Gasteiger partial charge >= 0.3 is 0 Å². The molecule has 0 spiro atoms. The molecule has 0 radical (unpaired) electrons. The zero-order valence-corrected chi connectivity index (χ0v) is 12.9. The summed E-state index contributed by atoms with van der Waals surface area (Å²) in [7, 11) is 0. The van der Waals surface area contributed by atoms with Crippen LogP contribution in [0.15, 0.2) is 29.2 Å². The molecule has 19 heavy (non-hydrogen) atoms.